The van der Waals surface area contributed by atoms with Crippen LogP contribution in [0.5, 0.6) is 5.75 Å². The zero-order valence-corrected chi connectivity index (χ0v) is 15.2. The van der Waals surface area contributed by atoms with E-state index >= 15 is 0 Å². The summed E-state index contributed by atoms with van der Waals surface area (Å²) in [6, 6.07) is 21.8. The van der Waals surface area contributed by atoms with Gasteiger partial charge < -0.3 is 14.8 Å². The minimum Gasteiger partial charge on any atom is -0.490 e. The van der Waals surface area contributed by atoms with E-state index in [1.54, 1.807) is 19.2 Å². The van der Waals surface area contributed by atoms with Crippen molar-refractivity contribution in [3.05, 3.63) is 83.4 Å². The molecule has 1 amide bonds. The number of fused-ring (bicyclic) bond motifs is 3. The fraction of sp³-hybridized carbons (Fsp3) is 0.174. The number of carbonyl (C=O) groups is 1. The van der Waals surface area contributed by atoms with E-state index in [0.717, 1.165) is 12.1 Å². The van der Waals surface area contributed by atoms with E-state index in [2.05, 4.69) is 41.7 Å². The Bertz CT molecular complexity index is 981. The Morgan fingerprint density at radius 2 is 1.70 bits per heavy atom. The van der Waals surface area contributed by atoms with Gasteiger partial charge in [-0.05, 0) is 52.9 Å². The molecule has 4 rings (SSSR count). The van der Waals surface area contributed by atoms with Crippen LogP contribution in [0.3, 0.4) is 0 Å². The van der Waals surface area contributed by atoms with Gasteiger partial charge in [0.05, 0.1) is 12.2 Å². The van der Waals surface area contributed by atoms with Gasteiger partial charge >= 0.3 is 0 Å². The van der Waals surface area contributed by atoms with Gasteiger partial charge in [0.15, 0.2) is 0 Å². The number of benzene rings is 3. The lowest BCUT2D eigenvalue weighted by molar-refractivity contribution is 0.101. The van der Waals surface area contributed by atoms with Crippen molar-refractivity contribution in [2.75, 3.05) is 25.6 Å². The van der Waals surface area contributed by atoms with Gasteiger partial charge in [-0.25, -0.2) is 0 Å². The van der Waals surface area contributed by atoms with E-state index in [1.807, 2.05) is 18.2 Å². The molecule has 4 heteroatoms. The molecule has 4 nitrogen and oxygen atoms in total. The third-order valence-corrected chi connectivity index (χ3v) is 4.73. The lowest BCUT2D eigenvalue weighted by Gasteiger charge is -2.12. The molecule has 136 valence electrons. The number of ether oxygens (including phenoxy) is 2. The van der Waals surface area contributed by atoms with E-state index in [4.69, 9.17) is 9.47 Å². The smallest absolute Gasteiger partial charge is 0.259 e. The highest BCUT2D eigenvalue weighted by Gasteiger charge is 2.19. The summed E-state index contributed by atoms with van der Waals surface area (Å²) >= 11 is 0. The molecule has 3 aromatic carbocycles. The zero-order valence-electron chi connectivity index (χ0n) is 15.2. The van der Waals surface area contributed by atoms with Crippen LogP contribution in [-0.2, 0) is 11.2 Å². The number of rotatable bonds is 6. The Morgan fingerprint density at radius 1 is 0.926 bits per heavy atom. The molecule has 0 aromatic heterocycles. The first-order valence-electron chi connectivity index (χ1n) is 8.99. The summed E-state index contributed by atoms with van der Waals surface area (Å²) < 4.78 is 10.7. The molecule has 1 aliphatic rings. The van der Waals surface area contributed by atoms with Crippen LogP contribution in [-0.4, -0.2) is 26.2 Å². The highest BCUT2D eigenvalue weighted by molar-refractivity contribution is 6.06. The summed E-state index contributed by atoms with van der Waals surface area (Å²) in [5, 5.41) is 3.00. The molecule has 0 saturated carbocycles. The number of amides is 1. The first-order chi connectivity index (χ1) is 13.3. The zero-order chi connectivity index (χ0) is 18.6. The Hall–Kier alpha value is -3.11. The first kappa shape index (κ1) is 17.3. The molecule has 27 heavy (non-hydrogen) atoms. The van der Waals surface area contributed by atoms with Crippen LogP contribution in [0.1, 0.15) is 21.5 Å². The van der Waals surface area contributed by atoms with Crippen molar-refractivity contribution in [2.45, 2.75) is 6.42 Å². The number of nitrogens with one attached hydrogen (secondary N) is 1. The molecule has 0 radical (unpaired) electrons. The van der Waals surface area contributed by atoms with E-state index < -0.39 is 0 Å². The molecule has 0 bridgehead atoms. The summed E-state index contributed by atoms with van der Waals surface area (Å²) in [5.41, 5.74) is 6.39. The standard InChI is InChI=1S/C23H21NO3/c1-26-12-13-27-22-9-5-4-8-21(22)23(25)24-18-10-11-20-17(15-18)14-16-6-2-3-7-19(16)20/h2-11,15H,12-14H2,1H3,(H,24,25). The maximum absolute atomic E-state index is 12.8. The van der Waals surface area contributed by atoms with E-state index in [0.29, 0.717) is 24.5 Å². The summed E-state index contributed by atoms with van der Waals surface area (Å²) in [5.74, 6) is 0.374. The number of carbonyl (C=O) groups excluding carboxylic acids is 1. The van der Waals surface area contributed by atoms with E-state index in [1.165, 1.54) is 22.3 Å². The number of hydrogen-bond donors (Lipinski definition) is 1. The molecule has 0 spiro atoms. The van der Waals surface area contributed by atoms with Crippen LogP contribution in [0.25, 0.3) is 11.1 Å². The average molecular weight is 359 g/mol. The normalized spacial score (nSPS) is 11.6. The third kappa shape index (κ3) is 3.57. The first-order valence-corrected chi connectivity index (χ1v) is 8.99. The van der Waals surface area contributed by atoms with Crippen LogP contribution in [0.15, 0.2) is 66.7 Å². The van der Waals surface area contributed by atoms with E-state index in [-0.39, 0.29) is 5.91 Å². The van der Waals surface area contributed by atoms with Gasteiger partial charge in [-0.1, -0.05) is 42.5 Å². The quantitative estimate of drug-likeness (QED) is 0.514. The maximum atomic E-state index is 12.8. The van der Waals surface area contributed by atoms with Gasteiger partial charge in [-0.3, -0.25) is 4.79 Å². The Kier molecular flexibility index (Phi) is 4.90. The van der Waals surface area contributed by atoms with Crippen molar-refractivity contribution in [2.24, 2.45) is 0 Å². The summed E-state index contributed by atoms with van der Waals surface area (Å²) in [7, 11) is 1.62. The second kappa shape index (κ2) is 7.64. The highest BCUT2D eigenvalue weighted by atomic mass is 16.5. The Morgan fingerprint density at radius 3 is 2.59 bits per heavy atom. The molecule has 0 saturated heterocycles. The predicted octanol–water partition coefficient (Wildman–Crippen LogP) is 4.54. The molecule has 0 heterocycles. The van der Waals surface area contributed by atoms with Gasteiger partial charge in [0.2, 0.25) is 0 Å². The Labute approximate surface area is 158 Å². The molecule has 1 N–H and O–H groups in total. The van der Waals surface area contributed by atoms with Crippen molar-refractivity contribution in [3.8, 4) is 16.9 Å². The fourth-order valence-corrected chi connectivity index (χ4v) is 3.44. The van der Waals surface area contributed by atoms with Crippen molar-refractivity contribution >= 4 is 11.6 Å². The van der Waals surface area contributed by atoms with Crippen molar-refractivity contribution < 1.29 is 14.3 Å². The molecule has 0 aliphatic heterocycles. The lowest BCUT2D eigenvalue weighted by atomic mass is 10.1. The van der Waals surface area contributed by atoms with Crippen LogP contribution in [0.4, 0.5) is 5.69 Å². The summed E-state index contributed by atoms with van der Waals surface area (Å²) in [6.45, 7) is 0.874. The lowest BCUT2D eigenvalue weighted by Crippen LogP contribution is -2.15. The van der Waals surface area contributed by atoms with Gasteiger partial charge in [0.25, 0.3) is 5.91 Å². The molecular formula is C23H21NO3. The number of anilines is 1. The molecule has 3 aromatic rings. The molecule has 0 fully saturated rings. The minimum atomic E-state index is -0.182. The molecule has 1 aliphatic carbocycles. The Balaban J connectivity index is 1.52. The largest absolute Gasteiger partial charge is 0.490 e. The average Bonchev–Trinajstić information content (AvgIpc) is 3.06. The second-order valence-electron chi connectivity index (χ2n) is 6.50. The maximum Gasteiger partial charge on any atom is 0.259 e. The van der Waals surface area contributed by atoms with Crippen LogP contribution in [0.2, 0.25) is 0 Å². The van der Waals surface area contributed by atoms with Gasteiger partial charge in [0, 0.05) is 12.8 Å². The second-order valence-corrected chi connectivity index (χ2v) is 6.50. The molecule has 0 unspecified atom stereocenters. The summed E-state index contributed by atoms with van der Waals surface area (Å²) in [4.78, 5) is 12.8. The number of methoxy groups -OCH3 is 1. The number of para-hydroxylation sites is 1. The third-order valence-electron chi connectivity index (χ3n) is 4.73. The van der Waals surface area contributed by atoms with Crippen molar-refractivity contribution in [1.29, 1.82) is 0 Å². The molecular weight excluding hydrogens is 338 g/mol. The fourth-order valence-electron chi connectivity index (χ4n) is 3.44. The van der Waals surface area contributed by atoms with Crippen molar-refractivity contribution in [3.63, 3.8) is 0 Å². The molecule has 0 atom stereocenters. The van der Waals surface area contributed by atoms with Crippen LogP contribution >= 0.6 is 0 Å². The van der Waals surface area contributed by atoms with E-state index in [9.17, 15) is 4.79 Å². The summed E-state index contributed by atoms with van der Waals surface area (Å²) in [6.07, 6.45) is 0.895. The highest BCUT2D eigenvalue weighted by Crippen LogP contribution is 2.37. The SMILES string of the molecule is COCCOc1ccccc1C(=O)Nc1ccc2c(c1)Cc1ccccc1-2. The monoisotopic (exact) mass is 359 g/mol. The van der Waals surface area contributed by atoms with Gasteiger partial charge in [-0.15, -0.1) is 0 Å². The predicted molar refractivity (Wildman–Crippen MR) is 106 cm³/mol. The minimum absolute atomic E-state index is 0.182. The van der Waals surface area contributed by atoms with Crippen molar-refractivity contribution in [1.82, 2.24) is 0 Å². The van der Waals surface area contributed by atoms with Crippen LogP contribution < -0.4 is 10.1 Å². The van der Waals surface area contributed by atoms with Crippen LogP contribution in [0, 0.1) is 0 Å². The topological polar surface area (TPSA) is 47.6 Å². The number of hydrogen-bond acceptors (Lipinski definition) is 3. The van der Waals surface area contributed by atoms with Gasteiger partial charge in [-0.2, -0.15) is 0 Å². The van der Waals surface area contributed by atoms with Gasteiger partial charge in [0.1, 0.15) is 12.4 Å².